The van der Waals surface area contributed by atoms with E-state index in [9.17, 15) is 0 Å². The van der Waals surface area contributed by atoms with Gasteiger partial charge in [0.25, 0.3) is 0 Å². The number of nitrogens with one attached hydrogen (secondary N) is 1. The molecule has 1 fully saturated rings. The molecule has 1 heterocycles. The van der Waals surface area contributed by atoms with Crippen molar-refractivity contribution in [2.75, 3.05) is 0 Å². The Morgan fingerprint density at radius 2 is 2.23 bits per heavy atom. The zero-order valence-corrected chi connectivity index (χ0v) is 8.89. The van der Waals surface area contributed by atoms with Gasteiger partial charge in [0.05, 0.1) is 11.6 Å². The molecule has 2 nitrogen and oxygen atoms in total. The minimum Gasteiger partial charge on any atom is -0.374 e. The van der Waals surface area contributed by atoms with Crippen LogP contribution in [0.15, 0.2) is 22.9 Å². The van der Waals surface area contributed by atoms with Crippen LogP contribution in [0.4, 0.5) is 0 Å². The van der Waals surface area contributed by atoms with Crippen LogP contribution in [0.2, 0.25) is 0 Å². The molecule has 1 N–H and O–H groups in total. The van der Waals surface area contributed by atoms with Gasteiger partial charge in [-0.15, -0.1) is 0 Å². The number of alkyl halides is 1. The van der Waals surface area contributed by atoms with Crippen molar-refractivity contribution in [1.82, 2.24) is 5.32 Å². The molecule has 0 spiro atoms. The molecule has 1 saturated carbocycles. The van der Waals surface area contributed by atoms with Gasteiger partial charge in [0, 0.05) is 6.20 Å². The molecule has 0 bridgehead atoms. The van der Waals surface area contributed by atoms with Gasteiger partial charge in [-0.05, 0) is 36.8 Å². The zero-order chi connectivity index (χ0) is 9.26. The van der Waals surface area contributed by atoms with Gasteiger partial charge in [-0.3, -0.25) is 0 Å². The number of dihydropyridines is 1. The second-order valence-electron chi connectivity index (χ2n) is 3.41. The van der Waals surface area contributed by atoms with Crippen LogP contribution in [0.5, 0.6) is 0 Å². The molecule has 0 aromatic rings. The van der Waals surface area contributed by atoms with Crippen LogP contribution >= 0.6 is 15.9 Å². The van der Waals surface area contributed by atoms with Crippen LogP contribution in [-0.4, -0.2) is 4.95 Å². The molecule has 13 heavy (non-hydrogen) atoms. The Labute approximate surface area is 86.4 Å². The van der Waals surface area contributed by atoms with Crippen molar-refractivity contribution in [2.45, 2.75) is 30.6 Å². The first-order valence-corrected chi connectivity index (χ1v) is 5.47. The molecule has 0 amide bonds. The van der Waals surface area contributed by atoms with Crippen molar-refractivity contribution in [3.63, 3.8) is 0 Å². The Hall–Kier alpha value is -0.750. The van der Waals surface area contributed by atoms with Gasteiger partial charge in [-0.25, -0.2) is 0 Å². The largest absolute Gasteiger partial charge is 0.374 e. The Kier molecular flexibility index (Phi) is 2.41. The van der Waals surface area contributed by atoms with Crippen molar-refractivity contribution < 1.29 is 0 Å². The maximum atomic E-state index is 9.00. The van der Waals surface area contributed by atoms with E-state index in [1.807, 2.05) is 0 Å². The Morgan fingerprint density at radius 1 is 1.46 bits per heavy atom. The third kappa shape index (κ3) is 1.51. The average molecular weight is 239 g/mol. The second-order valence-corrected chi connectivity index (χ2v) is 4.33. The highest BCUT2D eigenvalue weighted by Gasteiger charge is 2.23. The average Bonchev–Trinajstić information content (AvgIpc) is 2.18. The molecular weight excluding hydrogens is 228 g/mol. The third-order valence-corrected chi connectivity index (χ3v) is 3.34. The van der Waals surface area contributed by atoms with Crippen molar-refractivity contribution in [3.05, 3.63) is 22.9 Å². The summed E-state index contributed by atoms with van der Waals surface area (Å²) in [4.78, 5) is 0.0225. The molecule has 0 aromatic carbocycles. The minimum absolute atomic E-state index is 0.0225. The van der Waals surface area contributed by atoms with E-state index < -0.39 is 0 Å². The summed E-state index contributed by atoms with van der Waals surface area (Å²) >= 11 is 3.44. The molecule has 1 aliphatic carbocycles. The fourth-order valence-corrected chi connectivity index (χ4v) is 2.44. The predicted molar refractivity (Wildman–Crippen MR) is 55.0 cm³/mol. The van der Waals surface area contributed by atoms with Crippen molar-refractivity contribution in [2.24, 2.45) is 0 Å². The van der Waals surface area contributed by atoms with E-state index in [1.165, 1.54) is 24.0 Å². The number of nitriles is 1. The van der Waals surface area contributed by atoms with Gasteiger partial charge in [0.2, 0.25) is 0 Å². The molecular formula is C10H11BrN2. The van der Waals surface area contributed by atoms with E-state index in [-0.39, 0.29) is 4.95 Å². The molecule has 1 unspecified atom stereocenters. The monoisotopic (exact) mass is 238 g/mol. The second kappa shape index (κ2) is 3.55. The summed E-state index contributed by atoms with van der Waals surface area (Å²) in [6.07, 6.45) is 6.71. The van der Waals surface area contributed by atoms with Gasteiger partial charge < -0.3 is 5.32 Å². The Bertz CT molecular complexity index is 322. The number of nitrogens with zero attached hydrogens (tertiary/aromatic N) is 1. The van der Waals surface area contributed by atoms with Crippen molar-refractivity contribution in [1.29, 1.82) is 5.26 Å². The summed E-state index contributed by atoms with van der Waals surface area (Å²) in [5, 5.41) is 12.2. The molecule has 2 aliphatic rings. The maximum Gasteiger partial charge on any atom is 0.117 e. The van der Waals surface area contributed by atoms with Crippen LogP contribution in [0, 0.1) is 11.3 Å². The quantitative estimate of drug-likeness (QED) is 0.521. The first-order valence-electron chi connectivity index (χ1n) is 4.55. The van der Waals surface area contributed by atoms with Gasteiger partial charge in [0.1, 0.15) is 4.95 Å². The smallest absolute Gasteiger partial charge is 0.117 e. The van der Waals surface area contributed by atoms with E-state index in [0.717, 1.165) is 18.4 Å². The van der Waals surface area contributed by atoms with Crippen LogP contribution in [0.25, 0.3) is 0 Å². The molecule has 0 radical (unpaired) electrons. The molecule has 1 aliphatic heterocycles. The van der Waals surface area contributed by atoms with E-state index in [4.69, 9.17) is 5.26 Å². The van der Waals surface area contributed by atoms with E-state index >= 15 is 0 Å². The first-order chi connectivity index (χ1) is 6.33. The predicted octanol–water partition coefficient (Wildman–Crippen LogP) is 2.59. The Morgan fingerprint density at radius 3 is 3.00 bits per heavy atom. The summed E-state index contributed by atoms with van der Waals surface area (Å²) < 4.78 is 0. The topological polar surface area (TPSA) is 35.8 Å². The highest BCUT2D eigenvalue weighted by atomic mass is 79.9. The molecule has 0 saturated heterocycles. The standard InChI is InChI=1S/C10H11BrN2/c11-10-9(5-12)8-4-2-1-3-7(8)6-13-10/h6,10,13H,1-4H2. The Balaban J connectivity index is 2.39. The third-order valence-electron chi connectivity index (χ3n) is 2.61. The van der Waals surface area contributed by atoms with Gasteiger partial charge >= 0.3 is 0 Å². The summed E-state index contributed by atoms with van der Waals surface area (Å²) in [5.41, 5.74) is 3.48. The van der Waals surface area contributed by atoms with Crippen LogP contribution in [-0.2, 0) is 0 Å². The summed E-state index contributed by atoms with van der Waals surface area (Å²) in [6, 6.07) is 2.28. The molecule has 2 rings (SSSR count). The summed E-state index contributed by atoms with van der Waals surface area (Å²) in [5.74, 6) is 0. The van der Waals surface area contributed by atoms with Gasteiger partial charge in [-0.1, -0.05) is 15.9 Å². The maximum absolute atomic E-state index is 9.00. The fraction of sp³-hybridized carbons (Fsp3) is 0.500. The SMILES string of the molecule is N#CC1=C2CCCCC2=CNC1Br. The number of halogens is 1. The summed E-state index contributed by atoms with van der Waals surface area (Å²) in [6.45, 7) is 0. The number of hydrogen-bond donors (Lipinski definition) is 1. The molecule has 1 atom stereocenters. The first kappa shape index (κ1) is 8.83. The minimum atomic E-state index is 0.0225. The molecule has 68 valence electrons. The number of hydrogen-bond acceptors (Lipinski definition) is 2. The number of allylic oxidation sites excluding steroid dienone is 2. The lowest BCUT2D eigenvalue weighted by Crippen LogP contribution is -2.26. The zero-order valence-electron chi connectivity index (χ0n) is 7.31. The number of fused-ring (bicyclic) bond motifs is 1. The lowest BCUT2D eigenvalue weighted by Gasteiger charge is -2.26. The highest BCUT2D eigenvalue weighted by Crippen LogP contribution is 2.34. The van der Waals surface area contributed by atoms with Gasteiger partial charge in [0.15, 0.2) is 0 Å². The van der Waals surface area contributed by atoms with Crippen molar-refractivity contribution >= 4 is 15.9 Å². The highest BCUT2D eigenvalue weighted by molar-refractivity contribution is 9.09. The van der Waals surface area contributed by atoms with Crippen LogP contribution in [0.1, 0.15) is 25.7 Å². The van der Waals surface area contributed by atoms with E-state index in [1.54, 1.807) is 0 Å². The molecule has 0 aromatic heterocycles. The molecule has 3 heteroatoms. The van der Waals surface area contributed by atoms with Gasteiger partial charge in [-0.2, -0.15) is 5.26 Å². The fourth-order valence-electron chi connectivity index (χ4n) is 1.93. The normalized spacial score (nSPS) is 27.1. The van der Waals surface area contributed by atoms with E-state index in [0.29, 0.717) is 0 Å². The summed E-state index contributed by atoms with van der Waals surface area (Å²) in [7, 11) is 0. The lowest BCUT2D eigenvalue weighted by atomic mass is 9.85. The van der Waals surface area contributed by atoms with Crippen molar-refractivity contribution in [3.8, 4) is 6.07 Å². The van der Waals surface area contributed by atoms with E-state index in [2.05, 4.69) is 33.5 Å². The number of rotatable bonds is 0. The van der Waals surface area contributed by atoms with Crippen LogP contribution < -0.4 is 5.32 Å². The lowest BCUT2D eigenvalue weighted by molar-refractivity contribution is 0.653. The van der Waals surface area contributed by atoms with Crippen LogP contribution in [0.3, 0.4) is 0 Å².